The van der Waals surface area contributed by atoms with Crippen molar-refractivity contribution in [2.45, 2.75) is 19.6 Å². The molecular weight excluding hydrogens is 182 g/mol. The lowest BCUT2D eigenvalue weighted by molar-refractivity contribution is -0.00635. The van der Waals surface area contributed by atoms with E-state index in [0.717, 1.165) is 11.8 Å². The van der Waals surface area contributed by atoms with Crippen molar-refractivity contribution in [2.75, 3.05) is 13.1 Å². The molecule has 4 heteroatoms. The highest BCUT2D eigenvalue weighted by molar-refractivity contribution is 5.78. The van der Waals surface area contributed by atoms with Gasteiger partial charge < -0.3 is 9.52 Å². The molecule has 1 saturated heterocycles. The molecule has 76 valence electrons. The second-order valence-corrected chi connectivity index (χ2v) is 3.72. The van der Waals surface area contributed by atoms with Crippen molar-refractivity contribution in [2.24, 2.45) is 0 Å². The van der Waals surface area contributed by atoms with Crippen molar-refractivity contribution in [1.82, 2.24) is 4.90 Å². The van der Waals surface area contributed by atoms with E-state index < -0.39 is 0 Å². The van der Waals surface area contributed by atoms with Crippen molar-refractivity contribution >= 4 is 6.29 Å². The molecule has 1 aliphatic heterocycles. The molecule has 4 nitrogen and oxygen atoms in total. The smallest absolute Gasteiger partial charge is 0.153 e. The summed E-state index contributed by atoms with van der Waals surface area (Å²) in [4.78, 5) is 12.8. The molecule has 1 aromatic rings. The van der Waals surface area contributed by atoms with Gasteiger partial charge in [0.2, 0.25) is 0 Å². The van der Waals surface area contributed by atoms with E-state index >= 15 is 0 Å². The molecule has 1 N–H and O–H groups in total. The number of likely N-dealkylation sites (tertiary alicyclic amines) is 1. The third kappa shape index (κ3) is 1.58. The number of hydrogen-bond acceptors (Lipinski definition) is 4. The van der Waals surface area contributed by atoms with Crippen molar-refractivity contribution in [3.8, 4) is 0 Å². The largest absolute Gasteiger partial charge is 0.467 e. The Balaban J connectivity index is 2.05. The number of aliphatic hydroxyl groups is 1. The first-order chi connectivity index (χ1) is 6.70. The van der Waals surface area contributed by atoms with Gasteiger partial charge in [0.1, 0.15) is 5.76 Å². The Bertz CT molecular complexity index is 339. The number of aldehydes is 1. The number of nitrogens with zero attached hydrogens (tertiary/aromatic N) is 1. The van der Waals surface area contributed by atoms with Crippen LogP contribution in [0.5, 0.6) is 0 Å². The maximum atomic E-state index is 10.7. The molecule has 14 heavy (non-hydrogen) atoms. The first-order valence-electron chi connectivity index (χ1n) is 4.63. The molecular formula is C10H13NO3. The molecule has 0 radical (unpaired) electrons. The Morgan fingerprint density at radius 2 is 2.43 bits per heavy atom. The number of hydrogen-bond donors (Lipinski definition) is 1. The van der Waals surface area contributed by atoms with Gasteiger partial charge in [-0.25, -0.2) is 0 Å². The fourth-order valence-corrected chi connectivity index (χ4v) is 1.66. The second-order valence-electron chi connectivity index (χ2n) is 3.72. The van der Waals surface area contributed by atoms with Crippen LogP contribution in [0.3, 0.4) is 0 Å². The predicted molar refractivity (Wildman–Crippen MR) is 50.1 cm³/mol. The lowest BCUT2D eigenvalue weighted by atomic mass is 10.1. The summed E-state index contributed by atoms with van der Waals surface area (Å²) in [7, 11) is 0. The molecule has 0 spiro atoms. The molecule has 0 amide bonds. The molecule has 0 aromatic carbocycles. The van der Waals surface area contributed by atoms with E-state index in [4.69, 9.17) is 9.52 Å². The summed E-state index contributed by atoms with van der Waals surface area (Å²) in [6.45, 7) is 3.79. The topological polar surface area (TPSA) is 53.7 Å². The third-order valence-corrected chi connectivity index (χ3v) is 2.53. The average Bonchev–Trinajstić information content (AvgIpc) is 2.44. The Labute approximate surface area is 82.1 Å². The normalized spacial score (nSPS) is 18.1. The first-order valence-corrected chi connectivity index (χ1v) is 4.63. The Morgan fingerprint density at radius 3 is 3.00 bits per heavy atom. The van der Waals surface area contributed by atoms with Crippen LogP contribution in [0, 0.1) is 6.92 Å². The molecule has 1 fully saturated rings. The molecule has 1 aromatic heterocycles. The third-order valence-electron chi connectivity index (χ3n) is 2.53. The summed E-state index contributed by atoms with van der Waals surface area (Å²) < 4.78 is 5.27. The number of furan rings is 1. The summed E-state index contributed by atoms with van der Waals surface area (Å²) in [5.41, 5.74) is 1.52. The summed E-state index contributed by atoms with van der Waals surface area (Å²) in [6, 6.07) is 0. The van der Waals surface area contributed by atoms with Gasteiger partial charge in [-0.1, -0.05) is 0 Å². The fraction of sp³-hybridized carbons (Fsp3) is 0.500. The highest BCUT2D eigenvalue weighted by Gasteiger charge is 2.26. The van der Waals surface area contributed by atoms with Gasteiger partial charge in [0, 0.05) is 13.1 Å². The lowest BCUT2D eigenvalue weighted by Crippen LogP contribution is -2.49. The van der Waals surface area contributed by atoms with E-state index in [-0.39, 0.29) is 6.10 Å². The van der Waals surface area contributed by atoms with E-state index in [9.17, 15) is 4.79 Å². The van der Waals surface area contributed by atoms with Crippen LogP contribution in [0.4, 0.5) is 0 Å². The summed E-state index contributed by atoms with van der Waals surface area (Å²) in [6.07, 6.45) is 2.20. The SMILES string of the molecule is Cc1coc(CN2CC(O)C2)c1C=O. The van der Waals surface area contributed by atoms with Crippen LogP contribution >= 0.6 is 0 Å². The van der Waals surface area contributed by atoms with Gasteiger partial charge in [-0.2, -0.15) is 0 Å². The maximum Gasteiger partial charge on any atom is 0.153 e. The zero-order chi connectivity index (χ0) is 10.1. The number of aliphatic hydroxyl groups excluding tert-OH is 1. The zero-order valence-corrected chi connectivity index (χ0v) is 8.06. The molecule has 2 heterocycles. The number of β-amino-alcohol motifs (C(OH)–C–C–N with tert-alkyl or cyclic N) is 1. The molecule has 0 saturated carbocycles. The molecule has 1 aliphatic rings. The Morgan fingerprint density at radius 1 is 1.71 bits per heavy atom. The maximum absolute atomic E-state index is 10.7. The second kappa shape index (κ2) is 3.55. The van der Waals surface area contributed by atoms with Gasteiger partial charge >= 0.3 is 0 Å². The average molecular weight is 195 g/mol. The van der Waals surface area contributed by atoms with E-state index in [1.807, 2.05) is 11.8 Å². The van der Waals surface area contributed by atoms with Crippen LogP contribution in [-0.4, -0.2) is 35.5 Å². The van der Waals surface area contributed by atoms with Crippen LogP contribution in [0.1, 0.15) is 21.7 Å². The van der Waals surface area contributed by atoms with Crippen molar-refractivity contribution < 1.29 is 14.3 Å². The Hall–Kier alpha value is -1.13. The number of carbonyl (C=O) groups excluding carboxylic acids is 1. The minimum Gasteiger partial charge on any atom is -0.467 e. The summed E-state index contributed by atoms with van der Waals surface area (Å²) in [5, 5.41) is 9.09. The fourth-order valence-electron chi connectivity index (χ4n) is 1.66. The zero-order valence-electron chi connectivity index (χ0n) is 8.06. The quantitative estimate of drug-likeness (QED) is 0.717. The first kappa shape index (κ1) is 9.43. The minimum atomic E-state index is -0.217. The van der Waals surface area contributed by atoms with Gasteiger partial charge in [-0.15, -0.1) is 0 Å². The predicted octanol–water partition coefficient (Wildman–Crippen LogP) is 0.577. The highest BCUT2D eigenvalue weighted by atomic mass is 16.3. The van der Waals surface area contributed by atoms with E-state index in [1.54, 1.807) is 6.26 Å². The van der Waals surface area contributed by atoms with Crippen molar-refractivity contribution in [1.29, 1.82) is 0 Å². The molecule has 0 bridgehead atoms. The van der Waals surface area contributed by atoms with Gasteiger partial charge in [0.15, 0.2) is 6.29 Å². The summed E-state index contributed by atoms with van der Waals surface area (Å²) in [5.74, 6) is 0.699. The van der Waals surface area contributed by atoms with Crippen LogP contribution in [0.25, 0.3) is 0 Å². The lowest BCUT2D eigenvalue weighted by Gasteiger charge is -2.35. The number of carbonyl (C=O) groups is 1. The van der Waals surface area contributed by atoms with Gasteiger partial charge in [-0.05, 0) is 12.5 Å². The van der Waals surface area contributed by atoms with Crippen LogP contribution in [0.2, 0.25) is 0 Å². The Kier molecular flexibility index (Phi) is 2.39. The highest BCUT2D eigenvalue weighted by Crippen LogP contribution is 2.19. The van der Waals surface area contributed by atoms with E-state index in [0.29, 0.717) is 31.0 Å². The minimum absolute atomic E-state index is 0.217. The van der Waals surface area contributed by atoms with E-state index in [1.165, 1.54) is 0 Å². The van der Waals surface area contributed by atoms with Gasteiger partial charge in [0.25, 0.3) is 0 Å². The van der Waals surface area contributed by atoms with Gasteiger partial charge in [0.05, 0.1) is 24.5 Å². The monoisotopic (exact) mass is 195 g/mol. The number of rotatable bonds is 3. The van der Waals surface area contributed by atoms with Crippen molar-refractivity contribution in [3.63, 3.8) is 0 Å². The molecule has 2 rings (SSSR count). The number of aryl methyl sites for hydroxylation is 1. The van der Waals surface area contributed by atoms with Crippen LogP contribution < -0.4 is 0 Å². The summed E-state index contributed by atoms with van der Waals surface area (Å²) >= 11 is 0. The van der Waals surface area contributed by atoms with E-state index in [2.05, 4.69) is 0 Å². The van der Waals surface area contributed by atoms with Crippen molar-refractivity contribution in [3.05, 3.63) is 23.2 Å². The molecule has 0 aliphatic carbocycles. The molecule has 0 unspecified atom stereocenters. The van der Waals surface area contributed by atoms with Gasteiger partial charge in [-0.3, -0.25) is 9.69 Å². The van der Waals surface area contributed by atoms with Crippen LogP contribution in [-0.2, 0) is 6.54 Å². The standard InChI is InChI=1S/C10H13NO3/c1-7-6-14-10(9(7)5-12)4-11-2-8(13)3-11/h5-6,8,13H,2-4H2,1H3. The molecule has 0 atom stereocenters. The van der Waals surface area contributed by atoms with Crippen LogP contribution in [0.15, 0.2) is 10.7 Å².